The quantitative estimate of drug-likeness (QED) is 0.351. The molecule has 5 nitrogen and oxygen atoms in total. The van der Waals surface area contributed by atoms with Crippen LogP contribution in [-0.2, 0) is 6.54 Å². The number of carbonyl (C=O) groups excluding carboxylic acids is 1. The van der Waals surface area contributed by atoms with Gasteiger partial charge in [0.25, 0.3) is 5.91 Å². The molecule has 0 fully saturated rings. The maximum absolute atomic E-state index is 13.4. The van der Waals surface area contributed by atoms with Crippen molar-refractivity contribution in [2.45, 2.75) is 6.54 Å². The van der Waals surface area contributed by atoms with Gasteiger partial charge >= 0.3 is 0 Å². The third kappa shape index (κ3) is 5.41. The van der Waals surface area contributed by atoms with E-state index >= 15 is 0 Å². The minimum atomic E-state index is -0.321. The van der Waals surface area contributed by atoms with Crippen LogP contribution < -0.4 is 10.6 Å². The first kappa shape index (κ1) is 21.7. The summed E-state index contributed by atoms with van der Waals surface area (Å²) in [6, 6.07) is 18.3. The van der Waals surface area contributed by atoms with Crippen molar-refractivity contribution >= 4 is 40.7 Å². The molecule has 1 heterocycles. The fraction of sp³-hybridized carbons (Fsp3) is 0.0417. The van der Waals surface area contributed by atoms with E-state index in [1.54, 1.807) is 67.0 Å². The van der Waals surface area contributed by atoms with Crippen LogP contribution in [0.15, 0.2) is 79.1 Å². The van der Waals surface area contributed by atoms with Crippen LogP contribution in [-0.4, -0.2) is 15.9 Å². The van der Waals surface area contributed by atoms with Crippen molar-refractivity contribution in [1.29, 1.82) is 0 Å². The second-order valence-electron chi connectivity index (χ2n) is 6.93. The van der Waals surface area contributed by atoms with E-state index in [4.69, 9.17) is 23.2 Å². The van der Waals surface area contributed by atoms with E-state index in [0.717, 1.165) is 5.56 Å². The number of amides is 1. The smallest absolute Gasteiger partial charge is 0.251 e. The van der Waals surface area contributed by atoms with Crippen molar-refractivity contribution in [1.82, 2.24) is 15.3 Å². The van der Waals surface area contributed by atoms with Gasteiger partial charge in [-0.05, 0) is 53.6 Å². The summed E-state index contributed by atoms with van der Waals surface area (Å²) in [5.41, 5.74) is 3.28. The van der Waals surface area contributed by atoms with Crippen molar-refractivity contribution in [3.05, 3.63) is 106 Å². The largest absolute Gasteiger partial charge is 0.348 e. The third-order valence-electron chi connectivity index (χ3n) is 4.65. The molecular weight excluding hydrogens is 450 g/mol. The SMILES string of the molecule is O=C(NCc1ccc(Cl)cc1Cl)c1cccc(Nc2ncc(-c3cccc(F)c3)cn2)c1. The lowest BCUT2D eigenvalue weighted by atomic mass is 10.1. The molecular formula is C24H17Cl2FN4O. The highest BCUT2D eigenvalue weighted by molar-refractivity contribution is 6.35. The molecule has 0 aliphatic heterocycles. The number of aromatic nitrogens is 2. The average Bonchev–Trinajstić information content (AvgIpc) is 2.79. The van der Waals surface area contributed by atoms with E-state index in [9.17, 15) is 9.18 Å². The van der Waals surface area contributed by atoms with Gasteiger partial charge in [0, 0.05) is 45.8 Å². The molecule has 3 aromatic carbocycles. The van der Waals surface area contributed by atoms with Crippen LogP contribution in [0.3, 0.4) is 0 Å². The summed E-state index contributed by atoms with van der Waals surface area (Å²) in [7, 11) is 0. The zero-order chi connectivity index (χ0) is 22.5. The number of anilines is 2. The maximum Gasteiger partial charge on any atom is 0.251 e. The van der Waals surface area contributed by atoms with Crippen molar-refractivity contribution in [2.75, 3.05) is 5.32 Å². The lowest BCUT2D eigenvalue weighted by molar-refractivity contribution is 0.0951. The summed E-state index contributed by atoms with van der Waals surface area (Å²) in [5.74, 6) is -0.212. The Morgan fingerprint density at radius 2 is 1.69 bits per heavy atom. The zero-order valence-corrected chi connectivity index (χ0v) is 18.2. The predicted molar refractivity (Wildman–Crippen MR) is 125 cm³/mol. The number of halogens is 3. The van der Waals surface area contributed by atoms with Gasteiger partial charge in [-0.15, -0.1) is 0 Å². The fourth-order valence-corrected chi connectivity index (χ4v) is 3.49. The molecule has 1 aromatic heterocycles. The molecule has 0 aliphatic carbocycles. The highest BCUT2D eigenvalue weighted by atomic mass is 35.5. The Morgan fingerprint density at radius 1 is 0.906 bits per heavy atom. The maximum atomic E-state index is 13.4. The topological polar surface area (TPSA) is 66.9 Å². The highest BCUT2D eigenvalue weighted by Gasteiger charge is 2.09. The summed E-state index contributed by atoms with van der Waals surface area (Å²) in [6.45, 7) is 0.275. The van der Waals surface area contributed by atoms with E-state index in [1.807, 2.05) is 0 Å². The van der Waals surface area contributed by atoms with Crippen molar-refractivity contribution in [3.63, 3.8) is 0 Å². The van der Waals surface area contributed by atoms with Crippen LogP contribution in [0.5, 0.6) is 0 Å². The number of nitrogens with one attached hydrogen (secondary N) is 2. The molecule has 0 bridgehead atoms. The molecule has 0 saturated heterocycles. The summed E-state index contributed by atoms with van der Waals surface area (Å²) < 4.78 is 13.4. The average molecular weight is 467 g/mol. The number of nitrogens with zero attached hydrogens (tertiary/aromatic N) is 2. The molecule has 1 amide bonds. The number of hydrogen-bond donors (Lipinski definition) is 2. The second-order valence-corrected chi connectivity index (χ2v) is 7.77. The molecule has 0 atom stereocenters. The second kappa shape index (κ2) is 9.77. The van der Waals surface area contributed by atoms with Gasteiger partial charge in [-0.2, -0.15) is 0 Å². The minimum absolute atomic E-state index is 0.248. The Labute approximate surface area is 194 Å². The van der Waals surface area contributed by atoms with Crippen LogP contribution in [0, 0.1) is 5.82 Å². The van der Waals surface area contributed by atoms with Gasteiger partial charge in [-0.3, -0.25) is 4.79 Å². The molecule has 160 valence electrons. The van der Waals surface area contributed by atoms with Gasteiger partial charge in [0.05, 0.1) is 0 Å². The summed E-state index contributed by atoms with van der Waals surface area (Å²) in [5, 5.41) is 6.94. The molecule has 8 heteroatoms. The Bertz CT molecular complexity index is 1270. The molecule has 0 saturated carbocycles. The van der Waals surface area contributed by atoms with Gasteiger partial charge < -0.3 is 10.6 Å². The van der Waals surface area contributed by atoms with Gasteiger partial charge in [0.1, 0.15) is 5.82 Å². The van der Waals surface area contributed by atoms with Crippen LogP contribution in [0.2, 0.25) is 10.0 Å². The van der Waals surface area contributed by atoms with Crippen molar-refractivity contribution < 1.29 is 9.18 Å². The van der Waals surface area contributed by atoms with Crippen LogP contribution in [0.1, 0.15) is 15.9 Å². The number of carbonyl (C=O) groups is 1. The van der Waals surface area contributed by atoms with Crippen molar-refractivity contribution in [3.8, 4) is 11.1 Å². The Morgan fingerprint density at radius 3 is 2.44 bits per heavy atom. The predicted octanol–water partition coefficient (Wildman–Crippen LogP) is 6.26. The molecule has 0 radical (unpaired) electrons. The summed E-state index contributed by atoms with van der Waals surface area (Å²) in [6.07, 6.45) is 3.22. The van der Waals surface area contributed by atoms with E-state index in [0.29, 0.717) is 38.4 Å². The van der Waals surface area contributed by atoms with Crippen LogP contribution in [0.25, 0.3) is 11.1 Å². The van der Waals surface area contributed by atoms with Gasteiger partial charge in [-0.1, -0.05) is 47.5 Å². The van der Waals surface area contributed by atoms with E-state index in [2.05, 4.69) is 20.6 Å². The first-order valence-electron chi connectivity index (χ1n) is 9.65. The molecule has 0 unspecified atom stereocenters. The third-order valence-corrected chi connectivity index (χ3v) is 5.23. The molecule has 4 aromatic rings. The fourth-order valence-electron chi connectivity index (χ4n) is 3.02. The van der Waals surface area contributed by atoms with Gasteiger partial charge in [0.2, 0.25) is 5.95 Å². The van der Waals surface area contributed by atoms with E-state index < -0.39 is 0 Å². The standard InChI is InChI=1S/C24H17Cl2FN4O/c25-19-8-7-17(22(26)11-19)12-28-23(32)16-4-2-6-21(10-16)31-24-29-13-18(14-30-24)15-3-1-5-20(27)9-15/h1-11,13-14H,12H2,(H,28,32)(H,29,30,31). The molecule has 32 heavy (non-hydrogen) atoms. The lowest BCUT2D eigenvalue weighted by Gasteiger charge is -2.10. The Balaban J connectivity index is 1.42. The first-order valence-corrected chi connectivity index (χ1v) is 10.4. The summed E-state index contributed by atoms with van der Waals surface area (Å²) >= 11 is 12.1. The molecule has 2 N–H and O–H groups in total. The Hall–Kier alpha value is -3.48. The summed E-state index contributed by atoms with van der Waals surface area (Å²) in [4.78, 5) is 21.1. The first-order chi connectivity index (χ1) is 15.5. The normalized spacial score (nSPS) is 10.6. The number of benzene rings is 3. The zero-order valence-electron chi connectivity index (χ0n) is 16.6. The number of hydrogen-bond acceptors (Lipinski definition) is 4. The molecule has 0 spiro atoms. The van der Waals surface area contributed by atoms with Gasteiger partial charge in [0.15, 0.2) is 0 Å². The number of rotatable bonds is 6. The monoisotopic (exact) mass is 466 g/mol. The van der Waals surface area contributed by atoms with Gasteiger partial charge in [-0.25, -0.2) is 14.4 Å². The lowest BCUT2D eigenvalue weighted by Crippen LogP contribution is -2.23. The van der Waals surface area contributed by atoms with E-state index in [-0.39, 0.29) is 18.3 Å². The molecule has 4 rings (SSSR count). The highest BCUT2D eigenvalue weighted by Crippen LogP contribution is 2.22. The van der Waals surface area contributed by atoms with Crippen molar-refractivity contribution in [2.24, 2.45) is 0 Å². The molecule has 0 aliphatic rings. The van der Waals surface area contributed by atoms with Crippen LogP contribution in [0.4, 0.5) is 16.0 Å². The van der Waals surface area contributed by atoms with Crippen LogP contribution >= 0.6 is 23.2 Å². The van der Waals surface area contributed by atoms with E-state index in [1.165, 1.54) is 12.1 Å². The minimum Gasteiger partial charge on any atom is -0.348 e. The Kier molecular flexibility index (Phi) is 6.63.